The van der Waals surface area contributed by atoms with Crippen molar-refractivity contribution in [1.29, 1.82) is 0 Å². The van der Waals surface area contributed by atoms with E-state index in [2.05, 4.69) is 10.1 Å². The highest BCUT2D eigenvalue weighted by Crippen LogP contribution is 2.31. The highest BCUT2D eigenvalue weighted by Gasteiger charge is 2.13. The van der Waals surface area contributed by atoms with Crippen LogP contribution in [0.25, 0.3) is 0 Å². The van der Waals surface area contributed by atoms with Crippen molar-refractivity contribution < 1.29 is 9.90 Å². The minimum atomic E-state index is -1.06. The van der Waals surface area contributed by atoms with Gasteiger partial charge in [-0.05, 0) is 6.07 Å². The van der Waals surface area contributed by atoms with Crippen LogP contribution in [0, 0.1) is 0 Å². The molecule has 0 saturated heterocycles. The van der Waals surface area contributed by atoms with Gasteiger partial charge in [0.25, 0.3) is 0 Å². The van der Waals surface area contributed by atoms with E-state index in [0.29, 0.717) is 5.03 Å². The number of aromatic carboxylic acids is 1. The molecule has 7 heteroatoms. The van der Waals surface area contributed by atoms with Gasteiger partial charge in [0, 0.05) is 19.4 Å². The molecule has 2 aromatic rings. The van der Waals surface area contributed by atoms with E-state index in [9.17, 15) is 4.79 Å². The predicted molar refractivity (Wildman–Crippen MR) is 62.9 cm³/mol. The summed E-state index contributed by atoms with van der Waals surface area (Å²) in [6, 6.07) is 1.38. The molecule has 0 atom stereocenters. The van der Waals surface area contributed by atoms with E-state index in [1.807, 2.05) is 0 Å². The molecular formula is C10H10N4O2S. The number of nitrogens with two attached hydrogens (primary N) is 1. The fourth-order valence-electron chi connectivity index (χ4n) is 1.28. The number of carbonyl (C=O) groups is 1. The summed E-state index contributed by atoms with van der Waals surface area (Å²) >= 11 is 1.28. The third-order valence-corrected chi connectivity index (χ3v) is 3.04. The van der Waals surface area contributed by atoms with E-state index in [4.69, 9.17) is 10.8 Å². The normalized spacial score (nSPS) is 10.4. The zero-order valence-corrected chi connectivity index (χ0v) is 9.81. The molecule has 0 fully saturated rings. The Labute approximate surface area is 101 Å². The van der Waals surface area contributed by atoms with Crippen LogP contribution in [0.1, 0.15) is 10.4 Å². The van der Waals surface area contributed by atoms with Gasteiger partial charge in [-0.15, -0.1) is 0 Å². The van der Waals surface area contributed by atoms with Gasteiger partial charge in [-0.25, -0.2) is 9.78 Å². The van der Waals surface area contributed by atoms with Gasteiger partial charge in [-0.1, -0.05) is 11.8 Å². The Bertz CT molecular complexity index is 567. The van der Waals surface area contributed by atoms with E-state index >= 15 is 0 Å². The summed E-state index contributed by atoms with van der Waals surface area (Å²) in [5.41, 5.74) is 5.98. The fraction of sp³-hybridized carbons (Fsp3) is 0.100. The van der Waals surface area contributed by atoms with Crippen LogP contribution in [0.3, 0.4) is 0 Å². The first kappa shape index (κ1) is 11.5. The number of pyridine rings is 1. The molecule has 0 saturated carbocycles. The van der Waals surface area contributed by atoms with Crippen molar-refractivity contribution >= 4 is 23.4 Å². The van der Waals surface area contributed by atoms with Gasteiger partial charge >= 0.3 is 5.97 Å². The smallest absolute Gasteiger partial charge is 0.337 e. The standard InChI is InChI=1S/C10H10N4O2S/c1-14-5-6(4-13-14)17-9-8(11)7(10(15)16)2-3-12-9/h2-5H,11H2,1H3,(H,15,16). The lowest BCUT2D eigenvalue weighted by Gasteiger charge is -2.05. The lowest BCUT2D eigenvalue weighted by Crippen LogP contribution is -2.04. The van der Waals surface area contributed by atoms with Gasteiger partial charge in [0.05, 0.1) is 22.3 Å². The molecule has 0 bridgehead atoms. The van der Waals surface area contributed by atoms with Gasteiger partial charge in [0.2, 0.25) is 0 Å². The Morgan fingerprint density at radius 3 is 2.94 bits per heavy atom. The summed E-state index contributed by atoms with van der Waals surface area (Å²) in [6.45, 7) is 0. The molecule has 2 rings (SSSR count). The van der Waals surface area contributed by atoms with Crippen LogP contribution < -0.4 is 5.73 Å². The number of hydrogen-bond acceptors (Lipinski definition) is 5. The second-order valence-corrected chi connectivity index (χ2v) is 4.40. The minimum Gasteiger partial charge on any atom is -0.478 e. The Hall–Kier alpha value is -2.02. The number of anilines is 1. The van der Waals surface area contributed by atoms with Gasteiger partial charge < -0.3 is 10.8 Å². The third kappa shape index (κ3) is 2.39. The number of nitrogens with zero attached hydrogens (tertiary/aromatic N) is 3. The molecule has 0 amide bonds. The SMILES string of the molecule is Cn1cc(Sc2nccc(C(=O)O)c2N)cn1. The van der Waals surface area contributed by atoms with Crippen LogP contribution in [0.2, 0.25) is 0 Å². The summed E-state index contributed by atoms with van der Waals surface area (Å²) in [5.74, 6) is -1.06. The summed E-state index contributed by atoms with van der Waals surface area (Å²) in [4.78, 5) is 15.8. The van der Waals surface area contributed by atoms with Crippen molar-refractivity contribution in [3.05, 3.63) is 30.2 Å². The lowest BCUT2D eigenvalue weighted by atomic mass is 10.2. The number of hydrogen-bond donors (Lipinski definition) is 2. The van der Waals surface area contributed by atoms with Crippen LogP contribution in [0.4, 0.5) is 5.69 Å². The molecular weight excluding hydrogens is 240 g/mol. The number of aryl methyl sites for hydroxylation is 1. The molecule has 0 radical (unpaired) electrons. The van der Waals surface area contributed by atoms with Crippen molar-refractivity contribution in [3.8, 4) is 0 Å². The molecule has 88 valence electrons. The zero-order valence-electron chi connectivity index (χ0n) is 8.99. The number of aromatic nitrogens is 3. The van der Waals surface area contributed by atoms with E-state index in [1.165, 1.54) is 24.0 Å². The molecule has 2 heterocycles. The molecule has 0 aliphatic rings. The van der Waals surface area contributed by atoms with Crippen molar-refractivity contribution in [2.75, 3.05) is 5.73 Å². The molecule has 0 unspecified atom stereocenters. The molecule has 0 spiro atoms. The lowest BCUT2D eigenvalue weighted by molar-refractivity contribution is 0.0697. The Kier molecular flexibility index (Phi) is 3.01. The summed E-state index contributed by atoms with van der Waals surface area (Å²) < 4.78 is 1.65. The topological polar surface area (TPSA) is 94.0 Å². The van der Waals surface area contributed by atoms with E-state index in [-0.39, 0.29) is 11.3 Å². The van der Waals surface area contributed by atoms with Crippen LogP contribution in [-0.4, -0.2) is 25.8 Å². The van der Waals surface area contributed by atoms with Crippen molar-refractivity contribution in [3.63, 3.8) is 0 Å². The molecule has 6 nitrogen and oxygen atoms in total. The molecule has 0 aliphatic heterocycles. The summed E-state index contributed by atoms with van der Waals surface area (Å²) in [7, 11) is 1.80. The highest BCUT2D eigenvalue weighted by atomic mass is 32.2. The highest BCUT2D eigenvalue weighted by molar-refractivity contribution is 7.99. The number of carboxylic acids is 1. The Balaban J connectivity index is 2.33. The first-order valence-corrected chi connectivity index (χ1v) is 5.54. The van der Waals surface area contributed by atoms with Gasteiger partial charge in [-0.3, -0.25) is 4.68 Å². The quantitative estimate of drug-likeness (QED) is 0.851. The maximum Gasteiger partial charge on any atom is 0.337 e. The molecule has 2 aromatic heterocycles. The third-order valence-electron chi connectivity index (χ3n) is 2.08. The second kappa shape index (κ2) is 4.46. The Morgan fingerprint density at radius 2 is 2.35 bits per heavy atom. The van der Waals surface area contributed by atoms with E-state index in [1.54, 1.807) is 24.1 Å². The summed E-state index contributed by atoms with van der Waals surface area (Å²) in [6.07, 6.45) is 4.90. The maximum absolute atomic E-state index is 10.9. The van der Waals surface area contributed by atoms with Crippen molar-refractivity contribution in [2.24, 2.45) is 7.05 Å². The molecule has 17 heavy (non-hydrogen) atoms. The Morgan fingerprint density at radius 1 is 1.59 bits per heavy atom. The van der Waals surface area contributed by atoms with Gasteiger partial charge in [-0.2, -0.15) is 5.10 Å². The molecule has 0 aliphatic carbocycles. The van der Waals surface area contributed by atoms with Crippen LogP contribution in [0.5, 0.6) is 0 Å². The summed E-state index contributed by atoms with van der Waals surface area (Å²) in [5, 5.41) is 13.4. The van der Waals surface area contributed by atoms with Crippen LogP contribution in [-0.2, 0) is 7.05 Å². The fourth-order valence-corrected chi connectivity index (χ4v) is 2.15. The van der Waals surface area contributed by atoms with Gasteiger partial charge in [0.1, 0.15) is 5.03 Å². The molecule has 0 aromatic carbocycles. The first-order valence-electron chi connectivity index (χ1n) is 4.72. The maximum atomic E-state index is 10.9. The van der Waals surface area contributed by atoms with Crippen LogP contribution >= 0.6 is 11.8 Å². The minimum absolute atomic E-state index is 0.0615. The van der Waals surface area contributed by atoms with E-state index < -0.39 is 5.97 Å². The first-order chi connectivity index (χ1) is 8.08. The number of carboxylic acid groups (broad SMARTS) is 1. The zero-order chi connectivity index (χ0) is 12.4. The van der Waals surface area contributed by atoms with E-state index in [0.717, 1.165) is 4.90 Å². The monoisotopic (exact) mass is 250 g/mol. The number of nitrogen functional groups attached to an aromatic ring is 1. The second-order valence-electron chi connectivity index (χ2n) is 3.33. The molecule has 3 N–H and O–H groups in total. The number of rotatable bonds is 3. The predicted octanol–water partition coefficient (Wildman–Crippen LogP) is 1.25. The van der Waals surface area contributed by atoms with Crippen LogP contribution in [0.15, 0.2) is 34.6 Å². The van der Waals surface area contributed by atoms with Crippen molar-refractivity contribution in [1.82, 2.24) is 14.8 Å². The van der Waals surface area contributed by atoms with Crippen molar-refractivity contribution in [2.45, 2.75) is 9.92 Å². The average molecular weight is 250 g/mol. The van der Waals surface area contributed by atoms with Gasteiger partial charge in [0.15, 0.2) is 0 Å². The average Bonchev–Trinajstić information content (AvgIpc) is 2.67. The largest absolute Gasteiger partial charge is 0.478 e.